The lowest BCUT2D eigenvalue weighted by Crippen LogP contribution is -2.19. The van der Waals surface area contributed by atoms with E-state index in [1.807, 2.05) is 6.92 Å². The fraction of sp³-hybridized carbons (Fsp3) is 0.462. The molecule has 0 aliphatic heterocycles. The molecule has 1 N–H and O–H groups in total. The molecule has 1 amide bonds. The maximum atomic E-state index is 11.8. The van der Waals surface area contributed by atoms with Gasteiger partial charge in [-0.25, -0.2) is 8.42 Å². The Morgan fingerprint density at radius 2 is 1.95 bits per heavy atom. The zero-order valence-electron chi connectivity index (χ0n) is 11.5. The quantitative estimate of drug-likeness (QED) is 0.869. The van der Waals surface area contributed by atoms with Crippen LogP contribution >= 0.6 is 10.7 Å². The topological polar surface area (TPSA) is 63.2 Å². The molecule has 0 radical (unpaired) electrons. The first-order valence-electron chi connectivity index (χ1n) is 6.05. The molecule has 0 saturated carbocycles. The molecule has 0 fully saturated rings. The van der Waals surface area contributed by atoms with Gasteiger partial charge in [0.2, 0.25) is 5.91 Å². The predicted molar refractivity (Wildman–Crippen MR) is 77.1 cm³/mol. The van der Waals surface area contributed by atoms with E-state index in [1.165, 1.54) is 12.1 Å². The second kappa shape index (κ2) is 5.92. The Labute approximate surface area is 118 Å². The Bertz CT molecular complexity index is 594. The van der Waals surface area contributed by atoms with Crippen LogP contribution in [0.5, 0.6) is 0 Å². The third-order valence-corrected chi connectivity index (χ3v) is 4.16. The van der Waals surface area contributed by atoms with Gasteiger partial charge in [-0.05, 0) is 36.6 Å². The first-order chi connectivity index (χ1) is 8.66. The summed E-state index contributed by atoms with van der Waals surface area (Å²) in [7, 11) is 1.59. The number of hydrogen-bond acceptors (Lipinski definition) is 3. The smallest absolute Gasteiger partial charge is 0.261 e. The molecule has 6 heteroatoms. The standard InChI is InChI=1S/C13H18ClNO3S/c1-5-10-7-11(19(14,17)18)6-9(4)12(10)15-13(16)8(2)3/h6-8H,5H2,1-4H3,(H,15,16). The fourth-order valence-electron chi connectivity index (χ4n) is 1.69. The van der Waals surface area contributed by atoms with Crippen LogP contribution in [0.4, 0.5) is 5.69 Å². The van der Waals surface area contributed by atoms with Gasteiger partial charge in [0.05, 0.1) is 4.90 Å². The highest BCUT2D eigenvalue weighted by atomic mass is 35.7. The number of amides is 1. The Balaban J connectivity index is 3.31. The number of benzene rings is 1. The second-order valence-corrected chi connectivity index (χ2v) is 7.28. The molecule has 1 rings (SSSR count). The number of halogens is 1. The second-order valence-electron chi connectivity index (χ2n) is 4.71. The van der Waals surface area contributed by atoms with E-state index in [4.69, 9.17) is 10.7 Å². The molecular weight excluding hydrogens is 286 g/mol. The van der Waals surface area contributed by atoms with Crippen LogP contribution in [0.15, 0.2) is 17.0 Å². The van der Waals surface area contributed by atoms with Crippen molar-refractivity contribution in [3.8, 4) is 0 Å². The Morgan fingerprint density at radius 1 is 1.37 bits per heavy atom. The van der Waals surface area contributed by atoms with E-state index in [0.29, 0.717) is 17.7 Å². The fourth-order valence-corrected chi connectivity index (χ4v) is 2.56. The summed E-state index contributed by atoms with van der Waals surface area (Å²) in [6.45, 7) is 7.24. The van der Waals surface area contributed by atoms with Gasteiger partial charge in [0, 0.05) is 22.3 Å². The summed E-state index contributed by atoms with van der Waals surface area (Å²) in [5.74, 6) is -0.236. The molecule has 0 heterocycles. The minimum atomic E-state index is -3.76. The Morgan fingerprint density at radius 3 is 2.37 bits per heavy atom. The lowest BCUT2D eigenvalue weighted by molar-refractivity contribution is -0.118. The van der Waals surface area contributed by atoms with Crippen molar-refractivity contribution in [2.45, 2.75) is 39.0 Å². The molecule has 0 aliphatic carbocycles. The van der Waals surface area contributed by atoms with Crippen LogP contribution in [0.1, 0.15) is 31.9 Å². The molecule has 1 aromatic carbocycles. The maximum Gasteiger partial charge on any atom is 0.261 e. The third-order valence-electron chi connectivity index (χ3n) is 2.83. The van der Waals surface area contributed by atoms with Crippen molar-refractivity contribution in [1.82, 2.24) is 0 Å². The summed E-state index contributed by atoms with van der Waals surface area (Å²) in [6.07, 6.45) is 0.606. The average molecular weight is 304 g/mol. The predicted octanol–water partition coefficient (Wildman–Crippen LogP) is 3.08. The molecule has 4 nitrogen and oxygen atoms in total. The van der Waals surface area contributed by atoms with Crippen molar-refractivity contribution < 1.29 is 13.2 Å². The largest absolute Gasteiger partial charge is 0.325 e. The minimum Gasteiger partial charge on any atom is -0.325 e. The molecular formula is C13H18ClNO3S. The van der Waals surface area contributed by atoms with Gasteiger partial charge in [-0.3, -0.25) is 4.79 Å². The number of aryl methyl sites for hydroxylation is 2. The molecule has 106 valence electrons. The van der Waals surface area contributed by atoms with Crippen LogP contribution in [-0.2, 0) is 20.3 Å². The van der Waals surface area contributed by atoms with E-state index in [9.17, 15) is 13.2 Å². The average Bonchev–Trinajstić information content (AvgIpc) is 2.29. The van der Waals surface area contributed by atoms with E-state index >= 15 is 0 Å². The van der Waals surface area contributed by atoms with Crippen LogP contribution in [0.3, 0.4) is 0 Å². The van der Waals surface area contributed by atoms with Gasteiger partial charge >= 0.3 is 0 Å². The summed E-state index contributed by atoms with van der Waals surface area (Å²) in [6, 6.07) is 2.97. The Hall–Kier alpha value is -1.07. The van der Waals surface area contributed by atoms with Crippen LogP contribution in [0.25, 0.3) is 0 Å². The van der Waals surface area contributed by atoms with Crippen molar-refractivity contribution in [2.75, 3.05) is 5.32 Å². The summed E-state index contributed by atoms with van der Waals surface area (Å²) >= 11 is 0. The van der Waals surface area contributed by atoms with Gasteiger partial charge in [-0.15, -0.1) is 0 Å². The number of carbonyl (C=O) groups excluding carboxylic acids is 1. The molecule has 0 bridgehead atoms. The van der Waals surface area contributed by atoms with Crippen molar-refractivity contribution in [2.24, 2.45) is 5.92 Å². The molecule has 0 aromatic heterocycles. The SMILES string of the molecule is CCc1cc(S(=O)(=O)Cl)cc(C)c1NC(=O)C(C)C. The molecule has 0 atom stereocenters. The molecule has 0 saturated heterocycles. The van der Waals surface area contributed by atoms with Gasteiger partial charge in [0.1, 0.15) is 0 Å². The Kier molecular flexibility index (Phi) is 4.98. The van der Waals surface area contributed by atoms with Crippen molar-refractivity contribution in [3.63, 3.8) is 0 Å². The highest BCUT2D eigenvalue weighted by Gasteiger charge is 2.17. The van der Waals surface area contributed by atoms with Crippen LogP contribution in [-0.4, -0.2) is 14.3 Å². The van der Waals surface area contributed by atoms with Gasteiger partial charge in [-0.1, -0.05) is 20.8 Å². The van der Waals surface area contributed by atoms with Crippen molar-refractivity contribution >= 4 is 31.3 Å². The summed E-state index contributed by atoms with van der Waals surface area (Å²) in [5, 5.41) is 2.83. The lowest BCUT2D eigenvalue weighted by Gasteiger charge is -2.15. The van der Waals surface area contributed by atoms with Crippen molar-refractivity contribution in [1.29, 1.82) is 0 Å². The molecule has 0 unspecified atom stereocenters. The zero-order valence-corrected chi connectivity index (χ0v) is 13.0. The van der Waals surface area contributed by atoms with E-state index in [1.54, 1.807) is 20.8 Å². The number of rotatable bonds is 4. The maximum absolute atomic E-state index is 11.8. The molecule has 0 spiro atoms. The first kappa shape index (κ1) is 16.0. The molecule has 19 heavy (non-hydrogen) atoms. The minimum absolute atomic E-state index is 0.0612. The van der Waals surface area contributed by atoms with E-state index < -0.39 is 9.05 Å². The summed E-state index contributed by atoms with van der Waals surface area (Å²) in [5.41, 5.74) is 2.12. The van der Waals surface area contributed by atoms with Gasteiger partial charge in [-0.2, -0.15) is 0 Å². The van der Waals surface area contributed by atoms with Crippen LogP contribution in [0.2, 0.25) is 0 Å². The van der Waals surface area contributed by atoms with E-state index in [0.717, 1.165) is 5.56 Å². The van der Waals surface area contributed by atoms with Crippen LogP contribution < -0.4 is 5.32 Å². The zero-order chi connectivity index (χ0) is 14.8. The highest BCUT2D eigenvalue weighted by Crippen LogP contribution is 2.27. The molecule has 0 aliphatic rings. The van der Waals surface area contributed by atoms with Gasteiger partial charge in [0.25, 0.3) is 9.05 Å². The normalized spacial score (nSPS) is 11.7. The monoisotopic (exact) mass is 303 g/mol. The van der Waals surface area contributed by atoms with E-state index in [2.05, 4.69) is 5.32 Å². The van der Waals surface area contributed by atoms with Crippen LogP contribution in [0, 0.1) is 12.8 Å². The summed E-state index contributed by atoms with van der Waals surface area (Å²) in [4.78, 5) is 11.8. The number of nitrogens with one attached hydrogen (secondary N) is 1. The van der Waals surface area contributed by atoms with Gasteiger partial charge < -0.3 is 5.32 Å². The first-order valence-corrected chi connectivity index (χ1v) is 8.36. The lowest BCUT2D eigenvalue weighted by atomic mass is 10.0. The third kappa shape index (κ3) is 3.94. The van der Waals surface area contributed by atoms with Gasteiger partial charge in [0.15, 0.2) is 0 Å². The number of carbonyl (C=O) groups is 1. The van der Waals surface area contributed by atoms with Crippen molar-refractivity contribution in [3.05, 3.63) is 23.3 Å². The van der Waals surface area contributed by atoms with E-state index in [-0.39, 0.29) is 16.7 Å². The number of anilines is 1. The summed E-state index contributed by atoms with van der Waals surface area (Å²) < 4.78 is 22.7. The highest BCUT2D eigenvalue weighted by molar-refractivity contribution is 8.13. The number of hydrogen-bond donors (Lipinski definition) is 1. The molecule has 1 aromatic rings.